The highest BCUT2D eigenvalue weighted by atomic mass is 16.4. The molecule has 2 rings (SSSR count). The quantitative estimate of drug-likeness (QED) is 0.704. The molecule has 4 nitrogen and oxygen atoms in total. The summed E-state index contributed by atoms with van der Waals surface area (Å²) in [5, 5.41) is 10.6. The zero-order valence-corrected chi connectivity index (χ0v) is 11.8. The molecule has 0 saturated carbocycles. The maximum absolute atomic E-state index is 10.6. The second-order valence-electron chi connectivity index (χ2n) is 4.89. The van der Waals surface area contributed by atoms with Gasteiger partial charge in [0.05, 0.1) is 6.54 Å². The maximum atomic E-state index is 10.6. The second kappa shape index (κ2) is 6.89. The molecule has 0 aliphatic carbocycles. The number of aliphatic carboxylic acids is 1. The predicted octanol–water partition coefficient (Wildman–Crippen LogP) is 0.916. The smallest absolute Gasteiger partial charge is 0.256 e. The van der Waals surface area contributed by atoms with Gasteiger partial charge in [0.15, 0.2) is 0 Å². The molecule has 0 bridgehead atoms. The number of nitrogens with zero attached hydrogens (tertiary/aromatic N) is 2. The summed E-state index contributed by atoms with van der Waals surface area (Å²) in [5.41, 5.74) is 1.24. The van der Waals surface area contributed by atoms with Crippen molar-refractivity contribution in [2.24, 2.45) is 0 Å². The third-order valence-electron chi connectivity index (χ3n) is 3.32. The molecule has 0 unspecified atom stereocenters. The molecule has 20 heavy (non-hydrogen) atoms. The molecule has 0 aliphatic heterocycles. The Bertz CT molecular complexity index is 561. The molecule has 0 radical (unpaired) electrons. The molecule has 0 atom stereocenters. The Morgan fingerprint density at radius 1 is 1.30 bits per heavy atom. The molecule has 0 aliphatic rings. The number of rotatable bonds is 7. The Labute approximate surface area is 119 Å². The molecule has 0 saturated heterocycles. The highest BCUT2D eigenvalue weighted by Gasteiger charge is 2.16. The number of benzene rings is 1. The zero-order valence-electron chi connectivity index (χ0n) is 11.8. The van der Waals surface area contributed by atoms with E-state index in [4.69, 9.17) is 0 Å². The van der Waals surface area contributed by atoms with Gasteiger partial charge in [-0.15, -0.1) is 0 Å². The van der Waals surface area contributed by atoms with Crippen molar-refractivity contribution in [1.29, 1.82) is 0 Å². The summed E-state index contributed by atoms with van der Waals surface area (Å²) in [6.45, 7) is 3.41. The topological polar surface area (TPSA) is 48.9 Å². The lowest BCUT2D eigenvalue weighted by atomic mass is 10.2. The van der Waals surface area contributed by atoms with Crippen LogP contribution < -0.4 is 9.67 Å². The highest BCUT2D eigenvalue weighted by Crippen LogP contribution is 2.04. The molecule has 4 heteroatoms. The monoisotopic (exact) mass is 272 g/mol. The number of imidazole rings is 1. The van der Waals surface area contributed by atoms with Crippen molar-refractivity contribution >= 4 is 5.97 Å². The van der Waals surface area contributed by atoms with Gasteiger partial charge >= 0.3 is 0 Å². The number of aryl methyl sites for hydroxylation is 1. The van der Waals surface area contributed by atoms with E-state index in [1.165, 1.54) is 5.56 Å². The van der Waals surface area contributed by atoms with Crippen LogP contribution >= 0.6 is 0 Å². The number of carboxylic acid groups (broad SMARTS) is 1. The first kappa shape index (κ1) is 14.3. The van der Waals surface area contributed by atoms with E-state index in [1.807, 2.05) is 35.2 Å². The molecule has 1 aromatic carbocycles. The molecule has 106 valence electrons. The van der Waals surface area contributed by atoms with Gasteiger partial charge in [0.25, 0.3) is 5.82 Å². The average Bonchev–Trinajstić information content (AvgIpc) is 2.81. The maximum Gasteiger partial charge on any atom is 0.256 e. The van der Waals surface area contributed by atoms with E-state index in [-0.39, 0.29) is 6.42 Å². The fraction of sp³-hybridized carbons (Fsp3) is 0.375. The van der Waals surface area contributed by atoms with Gasteiger partial charge < -0.3 is 9.90 Å². The summed E-state index contributed by atoms with van der Waals surface area (Å²) >= 11 is 0. The largest absolute Gasteiger partial charge is 0.550 e. The molecule has 0 amide bonds. The third-order valence-corrected chi connectivity index (χ3v) is 3.32. The minimum atomic E-state index is -1.00. The van der Waals surface area contributed by atoms with Gasteiger partial charge in [-0.3, -0.25) is 0 Å². The van der Waals surface area contributed by atoms with E-state index in [2.05, 4.69) is 23.6 Å². The van der Waals surface area contributed by atoms with Crippen LogP contribution in [0.5, 0.6) is 0 Å². The fourth-order valence-electron chi connectivity index (χ4n) is 2.35. The lowest BCUT2D eigenvalue weighted by Gasteiger charge is -2.05. The third kappa shape index (κ3) is 3.70. The number of carboxylic acids is 1. The van der Waals surface area contributed by atoms with Crippen LogP contribution in [0, 0.1) is 0 Å². The number of hydrogen-bond acceptors (Lipinski definition) is 2. The summed E-state index contributed by atoms with van der Waals surface area (Å²) in [6, 6.07) is 10.3. The zero-order chi connectivity index (χ0) is 14.4. The first-order valence-corrected chi connectivity index (χ1v) is 7.02. The van der Waals surface area contributed by atoms with Gasteiger partial charge in [-0.1, -0.05) is 37.3 Å². The van der Waals surface area contributed by atoms with Crippen molar-refractivity contribution in [3.63, 3.8) is 0 Å². The molecule has 0 N–H and O–H groups in total. The van der Waals surface area contributed by atoms with E-state index in [9.17, 15) is 9.90 Å². The second-order valence-corrected chi connectivity index (χ2v) is 4.89. The Hall–Kier alpha value is -2.10. The summed E-state index contributed by atoms with van der Waals surface area (Å²) in [5.74, 6) is 0.161. The van der Waals surface area contributed by atoms with Crippen LogP contribution in [0.2, 0.25) is 0 Å². The van der Waals surface area contributed by atoms with Gasteiger partial charge in [0, 0.05) is 18.8 Å². The van der Waals surface area contributed by atoms with Crippen LogP contribution in [0.4, 0.5) is 0 Å². The fourth-order valence-corrected chi connectivity index (χ4v) is 2.35. The average molecular weight is 272 g/mol. The van der Waals surface area contributed by atoms with E-state index in [0.717, 1.165) is 25.2 Å². The first-order chi connectivity index (χ1) is 9.70. The predicted molar refractivity (Wildman–Crippen MR) is 73.8 cm³/mol. The van der Waals surface area contributed by atoms with Crippen molar-refractivity contribution in [2.75, 3.05) is 0 Å². The summed E-state index contributed by atoms with van der Waals surface area (Å²) < 4.78 is 4.20. The van der Waals surface area contributed by atoms with E-state index in [0.29, 0.717) is 6.54 Å². The Morgan fingerprint density at radius 3 is 2.70 bits per heavy atom. The van der Waals surface area contributed by atoms with Crippen molar-refractivity contribution in [1.82, 2.24) is 4.57 Å². The summed E-state index contributed by atoms with van der Waals surface area (Å²) in [4.78, 5) is 10.6. The number of carbonyl (C=O) groups is 1. The van der Waals surface area contributed by atoms with Crippen molar-refractivity contribution in [2.45, 2.75) is 39.3 Å². The lowest BCUT2D eigenvalue weighted by Crippen LogP contribution is -2.38. The number of carbonyl (C=O) groups excluding carboxylic acids is 1. The number of aromatic nitrogens is 2. The van der Waals surface area contributed by atoms with Crippen LogP contribution in [-0.2, 0) is 24.3 Å². The van der Waals surface area contributed by atoms with Crippen molar-refractivity contribution in [3.05, 3.63) is 54.1 Å². The molecular formula is C16H20N2O2. The minimum absolute atomic E-state index is 0.0523. The summed E-state index contributed by atoms with van der Waals surface area (Å²) in [6.07, 6.45) is 6.00. The van der Waals surface area contributed by atoms with Crippen molar-refractivity contribution < 1.29 is 14.5 Å². The minimum Gasteiger partial charge on any atom is -0.550 e. The molecule has 0 fully saturated rings. The van der Waals surface area contributed by atoms with Gasteiger partial charge in [-0.25, -0.2) is 9.13 Å². The van der Waals surface area contributed by atoms with E-state index >= 15 is 0 Å². The normalized spacial score (nSPS) is 10.7. The van der Waals surface area contributed by atoms with Gasteiger partial charge in [-0.2, -0.15) is 0 Å². The Kier molecular flexibility index (Phi) is 4.93. The standard InChI is InChI=1S/C16H20N2O2/c1-2-6-15-17(10-9-16(19)20)11-12-18(15)13-14-7-4-3-5-8-14/h3-5,7-8,11-12H,2,6,9-10,13H2,1H3. The molecule has 1 aromatic heterocycles. The number of hydrogen-bond donors (Lipinski definition) is 0. The molecule has 2 aromatic rings. The Morgan fingerprint density at radius 2 is 2.05 bits per heavy atom. The highest BCUT2D eigenvalue weighted by molar-refractivity contribution is 5.64. The molecule has 0 spiro atoms. The van der Waals surface area contributed by atoms with Gasteiger partial charge in [0.2, 0.25) is 0 Å². The molecular weight excluding hydrogens is 252 g/mol. The first-order valence-electron chi connectivity index (χ1n) is 7.02. The van der Waals surface area contributed by atoms with Crippen LogP contribution in [0.3, 0.4) is 0 Å². The van der Waals surface area contributed by atoms with Crippen LogP contribution in [0.1, 0.15) is 31.2 Å². The lowest BCUT2D eigenvalue weighted by molar-refractivity contribution is -0.695. The van der Waals surface area contributed by atoms with E-state index in [1.54, 1.807) is 0 Å². The van der Waals surface area contributed by atoms with Crippen LogP contribution in [0.25, 0.3) is 0 Å². The van der Waals surface area contributed by atoms with Crippen LogP contribution in [0.15, 0.2) is 42.7 Å². The van der Waals surface area contributed by atoms with Gasteiger partial charge in [0.1, 0.15) is 18.9 Å². The SMILES string of the molecule is CCCc1n(CCC(=O)[O-])cc[n+]1Cc1ccccc1. The van der Waals surface area contributed by atoms with E-state index < -0.39 is 5.97 Å². The summed E-state index contributed by atoms with van der Waals surface area (Å²) in [7, 11) is 0. The Balaban J connectivity index is 2.17. The van der Waals surface area contributed by atoms with Crippen molar-refractivity contribution in [3.8, 4) is 0 Å². The van der Waals surface area contributed by atoms with Gasteiger partial charge in [-0.05, 0) is 12.0 Å². The molecule has 1 heterocycles. The van der Waals surface area contributed by atoms with Crippen LogP contribution in [-0.4, -0.2) is 10.5 Å².